The number of carbonyl (C=O) groups excluding carboxylic acids is 2. The lowest BCUT2D eigenvalue weighted by molar-refractivity contribution is -0.142. The average Bonchev–Trinajstić information content (AvgIpc) is 2.72. The molecular weight excluding hydrogens is 444 g/mol. The van der Waals surface area contributed by atoms with Crippen LogP contribution in [-0.2, 0) is 27.4 Å². The highest BCUT2D eigenvalue weighted by Crippen LogP contribution is 2.12. The molecule has 0 aliphatic carbocycles. The van der Waals surface area contributed by atoms with Crippen LogP contribution in [0.4, 0.5) is 4.79 Å². The summed E-state index contributed by atoms with van der Waals surface area (Å²) in [6, 6.07) is 13.4. The third-order valence-corrected chi connectivity index (χ3v) is 4.50. The van der Waals surface area contributed by atoms with E-state index in [-0.39, 0.29) is 13.0 Å². The van der Waals surface area contributed by atoms with Gasteiger partial charge in [-0.2, -0.15) is 0 Å². The number of aliphatic hydroxyl groups excluding tert-OH is 1. The number of amides is 2. The van der Waals surface area contributed by atoms with E-state index in [1.165, 1.54) is 0 Å². The van der Waals surface area contributed by atoms with E-state index in [1.54, 1.807) is 48.5 Å². The fourth-order valence-electron chi connectivity index (χ4n) is 2.43. The number of alkyl carbamates (subject to hydrolysis) is 1. The first-order valence-corrected chi connectivity index (χ1v) is 9.54. The van der Waals surface area contributed by atoms with Crippen LogP contribution in [0.1, 0.15) is 11.1 Å². The van der Waals surface area contributed by atoms with Gasteiger partial charge in [-0.25, -0.2) is 9.59 Å². The number of halogens is 1. The van der Waals surface area contributed by atoms with Gasteiger partial charge >= 0.3 is 12.1 Å². The molecule has 9 heteroatoms. The third kappa shape index (κ3) is 7.55. The van der Waals surface area contributed by atoms with Crippen LogP contribution in [0.25, 0.3) is 0 Å². The van der Waals surface area contributed by atoms with Gasteiger partial charge < -0.3 is 25.6 Å². The molecule has 0 radical (unpaired) electrons. The minimum absolute atomic E-state index is 0.00619. The molecule has 0 spiro atoms. The number of carboxylic acids is 1. The number of carboxylic acid groups (broad SMARTS) is 1. The molecule has 2 atom stereocenters. The fourth-order valence-corrected chi connectivity index (χ4v) is 2.69. The number of hydrogen-bond donors (Lipinski definition) is 4. The summed E-state index contributed by atoms with van der Waals surface area (Å²) in [5, 5.41) is 23.4. The van der Waals surface area contributed by atoms with Crippen LogP contribution in [0.2, 0.25) is 0 Å². The molecular formula is C20H21BrN2O6. The van der Waals surface area contributed by atoms with Gasteiger partial charge in [0.2, 0.25) is 5.91 Å². The maximum Gasteiger partial charge on any atom is 0.408 e. The number of benzene rings is 2. The quantitative estimate of drug-likeness (QED) is 0.448. The minimum atomic E-state index is -1.34. The Morgan fingerprint density at radius 1 is 0.931 bits per heavy atom. The molecule has 8 nitrogen and oxygen atoms in total. The third-order valence-electron chi connectivity index (χ3n) is 3.97. The summed E-state index contributed by atoms with van der Waals surface area (Å²) in [4.78, 5) is 35.7. The van der Waals surface area contributed by atoms with Gasteiger partial charge in [0.15, 0.2) is 0 Å². The number of aliphatic hydroxyl groups is 1. The summed E-state index contributed by atoms with van der Waals surface area (Å²) in [5.74, 6) is -2.06. The predicted molar refractivity (Wildman–Crippen MR) is 108 cm³/mol. The summed E-state index contributed by atoms with van der Waals surface area (Å²) in [6.07, 6.45) is -0.854. The van der Waals surface area contributed by atoms with Gasteiger partial charge in [0.1, 0.15) is 18.7 Å². The molecule has 2 rings (SSSR count). The Bertz CT molecular complexity index is 829. The molecule has 2 aromatic carbocycles. The molecule has 0 heterocycles. The molecule has 0 fully saturated rings. The zero-order valence-corrected chi connectivity index (χ0v) is 17.0. The number of hydrogen-bond acceptors (Lipinski definition) is 5. The van der Waals surface area contributed by atoms with Gasteiger partial charge in [0.05, 0.1) is 6.61 Å². The Morgan fingerprint density at radius 2 is 1.59 bits per heavy atom. The van der Waals surface area contributed by atoms with Crippen LogP contribution >= 0.6 is 15.9 Å². The van der Waals surface area contributed by atoms with Crippen LogP contribution in [0.3, 0.4) is 0 Å². The number of rotatable bonds is 9. The Hall–Kier alpha value is -2.91. The molecule has 2 amide bonds. The first kappa shape index (κ1) is 22.4. The van der Waals surface area contributed by atoms with Gasteiger partial charge in [0.25, 0.3) is 0 Å². The highest BCUT2D eigenvalue weighted by molar-refractivity contribution is 9.10. The molecule has 0 unspecified atom stereocenters. The van der Waals surface area contributed by atoms with Crippen molar-refractivity contribution in [3.05, 3.63) is 70.2 Å². The summed E-state index contributed by atoms with van der Waals surface area (Å²) in [7, 11) is 0. The lowest BCUT2D eigenvalue weighted by Crippen LogP contribution is -2.53. The Balaban J connectivity index is 1.91. The van der Waals surface area contributed by atoms with Crippen molar-refractivity contribution in [2.24, 2.45) is 0 Å². The molecule has 0 aliphatic heterocycles. The second-order valence-electron chi connectivity index (χ2n) is 6.17. The summed E-state index contributed by atoms with van der Waals surface area (Å²) < 4.78 is 5.85. The van der Waals surface area contributed by atoms with E-state index in [0.717, 1.165) is 10.0 Å². The zero-order valence-electron chi connectivity index (χ0n) is 15.4. The van der Waals surface area contributed by atoms with E-state index in [9.17, 15) is 24.6 Å². The van der Waals surface area contributed by atoms with E-state index < -0.39 is 36.7 Å². The van der Waals surface area contributed by atoms with E-state index in [0.29, 0.717) is 5.56 Å². The first-order chi connectivity index (χ1) is 13.9. The second kappa shape index (κ2) is 11.2. The molecule has 2 aromatic rings. The minimum Gasteiger partial charge on any atom is -0.480 e. The average molecular weight is 465 g/mol. The van der Waals surface area contributed by atoms with Crippen LogP contribution in [0.15, 0.2) is 59.1 Å². The van der Waals surface area contributed by atoms with Crippen molar-refractivity contribution in [3.8, 4) is 0 Å². The van der Waals surface area contributed by atoms with E-state index in [2.05, 4.69) is 26.6 Å². The van der Waals surface area contributed by atoms with Crippen molar-refractivity contribution < 1.29 is 29.3 Å². The van der Waals surface area contributed by atoms with Crippen LogP contribution in [0.5, 0.6) is 0 Å². The maximum atomic E-state index is 12.3. The van der Waals surface area contributed by atoms with Crippen molar-refractivity contribution >= 4 is 33.9 Å². The lowest BCUT2D eigenvalue weighted by atomic mass is 10.1. The van der Waals surface area contributed by atoms with Crippen molar-refractivity contribution in [3.63, 3.8) is 0 Å². The highest BCUT2D eigenvalue weighted by Gasteiger charge is 2.26. The molecule has 0 saturated heterocycles. The van der Waals surface area contributed by atoms with E-state index >= 15 is 0 Å². The molecule has 0 aliphatic rings. The molecule has 0 bridgehead atoms. The van der Waals surface area contributed by atoms with Crippen molar-refractivity contribution in [1.29, 1.82) is 0 Å². The smallest absolute Gasteiger partial charge is 0.408 e. The summed E-state index contributed by atoms with van der Waals surface area (Å²) in [6.45, 7) is -0.718. The van der Waals surface area contributed by atoms with Gasteiger partial charge in [0, 0.05) is 10.9 Å². The number of carbonyl (C=O) groups is 3. The number of nitrogens with one attached hydrogen (secondary N) is 2. The number of ether oxygens (including phenoxy) is 1. The maximum absolute atomic E-state index is 12.3. The van der Waals surface area contributed by atoms with Crippen LogP contribution < -0.4 is 10.6 Å². The Kier molecular flexibility index (Phi) is 8.63. The fraction of sp³-hybridized carbons (Fsp3) is 0.250. The largest absolute Gasteiger partial charge is 0.480 e. The van der Waals surface area contributed by atoms with Gasteiger partial charge in [-0.1, -0.05) is 58.4 Å². The molecule has 4 N–H and O–H groups in total. The normalized spacial score (nSPS) is 12.5. The molecule has 0 aromatic heterocycles. The summed E-state index contributed by atoms with van der Waals surface area (Å²) >= 11 is 3.29. The molecule has 154 valence electrons. The van der Waals surface area contributed by atoms with Crippen LogP contribution in [-0.4, -0.2) is 46.9 Å². The van der Waals surface area contributed by atoms with Gasteiger partial charge in [-0.05, 0) is 23.3 Å². The second-order valence-corrected chi connectivity index (χ2v) is 7.09. The van der Waals surface area contributed by atoms with E-state index in [1.807, 2.05) is 6.07 Å². The lowest BCUT2D eigenvalue weighted by Gasteiger charge is -2.20. The van der Waals surface area contributed by atoms with Crippen LogP contribution in [0, 0.1) is 0 Å². The Labute approximate surface area is 176 Å². The topological polar surface area (TPSA) is 125 Å². The summed E-state index contributed by atoms with van der Waals surface area (Å²) in [5.41, 5.74) is 1.46. The van der Waals surface area contributed by atoms with Crippen molar-refractivity contribution in [1.82, 2.24) is 10.6 Å². The van der Waals surface area contributed by atoms with Gasteiger partial charge in [-0.3, -0.25) is 4.79 Å². The Morgan fingerprint density at radius 3 is 2.17 bits per heavy atom. The molecule has 0 saturated carbocycles. The van der Waals surface area contributed by atoms with Crippen molar-refractivity contribution in [2.75, 3.05) is 6.61 Å². The predicted octanol–water partition coefficient (Wildman–Crippen LogP) is 1.85. The molecule has 29 heavy (non-hydrogen) atoms. The van der Waals surface area contributed by atoms with Gasteiger partial charge in [-0.15, -0.1) is 0 Å². The van der Waals surface area contributed by atoms with Crippen molar-refractivity contribution in [2.45, 2.75) is 25.1 Å². The zero-order chi connectivity index (χ0) is 21.2. The standard InChI is InChI=1S/C20H21BrN2O6/c21-15-8-6-13(7-9-15)10-16(19(26)27)22-18(25)17(11-24)23-20(28)29-12-14-4-2-1-3-5-14/h1-9,16-17,24H,10-12H2,(H,22,25)(H,23,28)(H,26,27)/t16-,17+/m1/s1. The SMILES string of the molecule is O=C(N[C@@H](CO)C(=O)N[C@H](Cc1ccc(Br)cc1)C(=O)O)OCc1ccccc1. The monoisotopic (exact) mass is 464 g/mol. The van der Waals surface area contributed by atoms with E-state index in [4.69, 9.17) is 4.74 Å². The highest BCUT2D eigenvalue weighted by atomic mass is 79.9. The first-order valence-electron chi connectivity index (χ1n) is 8.74. The number of aliphatic carboxylic acids is 1.